The second-order valence-electron chi connectivity index (χ2n) is 7.79. The number of carbonyl (C=O) groups excluding carboxylic acids is 2. The van der Waals surface area contributed by atoms with Gasteiger partial charge >= 0.3 is 0 Å². The molecule has 1 fully saturated rings. The van der Waals surface area contributed by atoms with Crippen molar-refractivity contribution in [3.05, 3.63) is 57.4 Å². The lowest BCUT2D eigenvalue weighted by atomic mass is 9.83. The molecule has 2 aliphatic carbocycles. The van der Waals surface area contributed by atoms with Gasteiger partial charge in [0.2, 0.25) is 0 Å². The summed E-state index contributed by atoms with van der Waals surface area (Å²) in [6.45, 7) is 2.12. The summed E-state index contributed by atoms with van der Waals surface area (Å²) in [6.07, 6.45) is 6.69. The van der Waals surface area contributed by atoms with Crippen LogP contribution in [-0.4, -0.2) is 22.7 Å². The molecule has 4 rings (SSSR count). The first-order valence-corrected chi connectivity index (χ1v) is 9.66. The number of hydrogen-bond donors (Lipinski definition) is 2. The highest BCUT2D eigenvalue weighted by molar-refractivity contribution is 6.02. The quantitative estimate of drug-likeness (QED) is 0.870. The van der Waals surface area contributed by atoms with E-state index in [1.54, 1.807) is 12.3 Å². The third kappa shape index (κ3) is 3.48. The molecule has 2 aromatic rings. The van der Waals surface area contributed by atoms with Crippen LogP contribution in [0.3, 0.4) is 0 Å². The number of amides is 1. The van der Waals surface area contributed by atoms with E-state index in [0.29, 0.717) is 30.0 Å². The van der Waals surface area contributed by atoms with Crippen LogP contribution in [0.4, 0.5) is 0 Å². The Morgan fingerprint density at radius 1 is 1.22 bits per heavy atom. The van der Waals surface area contributed by atoms with E-state index >= 15 is 0 Å². The van der Waals surface area contributed by atoms with Crippen LogP contribution in [-0.2, 0) is 6.42 Å². The van der Waals surface area contributed by atoms with Gasteiger partial charge in [-0.05, 0) is 43.4 Å². The van der Waals surface area contributed by atoms with Crippen molar-refractivity contribution in [3.8, 4) is 0 Å². The fraction of sp³-hybridized carbons (Fsp3) is 0.476. The van der Waals surface area contributed by atoms with Gasteiger partial charge in [-0.25, -0.2) is 0 Å². The third-order valence-electron chi connectivity index (χ3n) is 5.92. The molecule has 1 amide bonds. The molecule has 6 nitrogen and oxygen atoms in total. The molecule has 0 bridgehead atoms. The minimum atomic E-state index is -0.442. The molecule has 27 heavy (non-hydrogen) atoms. The van der Waals surface area contributed by atoms with Gasteiger partial charge in [0.15, 0.2) is 5.78 Å². The predicted molar refractivity (Wildman–Crippen MR) is 100 cm³/mol. The summed E-state index contributed by atoms with van der Waals surface area (Å²) in [5.41, 5.74) is 0.610. The van der Waals surface area contributed by atoms with Gasteiger partial charge < -0.3 is 14.7 Å². The minimum Gasteiger partial charge on any atom is -0.469 e. The Morgan fingerprint density at radius 3 is 2.78 bits per heavy atom. The van der Waals surface area contributed by atoms with Crippen molar-refractivity contribution in [1.82, 2.24) is 10.3 Å². The van der Waals surface area contributed by atoms with Gasteiger partial charge in [0, 0.05) is 29.6 Å². The second kappa shape index (κ2) is 7.18. The Labute approximate surface area is 157 Å². The van der Waals surface area contributed by atoms with E-state index in [1.165, 1.54) is 12.5 Å². The molecular formula is C21H24N2O4. The van der Waals surface area contributed by atoms with Gasteiger partial charge in [-0.2, -0.15) is 0 Å². The highest BCUT2D eigenvalue weighted by Crippen LogP contribution is 2.32. The molecule has 1 saturated carbocycles. The van der Waals surface area contributed by atoms with Crippen LogP contribution in [0.2, 0.25) is 0 Å². The molecule has 0 unspecified atom stereocenters. The predicted octanol–water partition coefficient (Wildman–Crippen LogP) is 3.19. The highest BCUT2D eigenvalue weighted by Gasteiger charge is 2.31. The number of nitrogens with one attached hydrogen (secondary N) is 2. The van der Waals surface area contributed by atoms with Crippen LogP contribution >= 0.6 is 0 Å². The molecule has 0 aromatic carbocycles. The number of hydrogen-bond acceptors (Lipinski definition) is 4. The normalized spacial score (nSPS) is 25.1. The number of aromatic nitrogens is 1. The Kier molecular flexibility index (Phi) is 4.72. The van der Waals surface area contributed by atoms with Crippen LogP contribution in [0.15, 0.2) is 33.7 Å². The number of fused-ring (bicyclic) bond motifs is 1. The summed E-state index contributed by atoms with van der Waals surface area (Å²) in [5.74, 6) is 0.587. The van der Waals surface area contributed by atoms with E-state index < -0.39 is 11.5 Å². The van der Waals surface area contributed by atoms with Crippen molar-refractivity contribution in [2.75, 3.05) is 0 Å². The van der Waals surface area contributed by atoms with E-state index in [-0.39, 0.29) is 23.3 Å². The van der Waals surface area contributed by atoms with Crippen molar-refractivity contribution in [2.24, 2.45) is 5.92 Å². The van der Waals surface area contributed by atoms with Crippen LogP contribution < -0.4 is 10.9 Å². The summed E-state index contributed by atoms with van der Waals surface area (Å²) in [4.78, 5) is 40.6. The summed E-state index contributed by atoms with van der Waals surface area (Å²) in [5, 5.41) is 2.99. The maximum atomic E-state index is 12.7. The van der Waals surface area contributed by atoms with Gasteiger partial charge in [-0.15, -0.1) is 0 Å². The maximum absolute atomic E-state index is 12.7. The molecule has 2 N–H and O–H groups in total. The van der Waals surface area contributed by atoms with E-state index in [4.69, 9.17) is 4.42 Å². The largest absolute Gasteiger partial charge is 0.469 e. The number of Topliss-reactive ketones (excluding diaryl/α,β-unsaturated/α-hetero) is 1. The van der Waals surface area contributed by atoms with E-state index in [2.05, 4.69) is 17.2 Å². The Morgan fingerprint density at radius 2 is 2.04 bits per heavy atom. The summed E-state index contributed by atoms with van der Waals surface area (Å²) < 4.78 is 5.41. The molecule has 6 heteroatoms. The van der Waals surface area contributed by atoms with Crippen molar-refractivity contribution in [1.29, 1.82) is 0 Å². The Hall–Kier alpha value is -2.63. The first-order chi connectivity index (χ1) is 13.0. The van der Waals surface area contributed by atoms with Crippen molar-refractivity contribution < 1.29 is 14.0 Å². The molecule has 2 aliphatic rings. The van der Waals surface area contributed by atoms with Gasteiger partial charge in [-0.3, -0.25) is 14.4 Å². The number of aromatic amines is 1. The average Bonchev–Trinajstić information content (AvgIpc) is 3.17. The number of rotatable bonds is 3. The topological polar surface area (TPSA) is 92.2 Å². The van der Waals surface area contributed by atoms with Crippen LogP contribution in [0.1, 0.15) is 77.1 Å². The molecule has 2 aromatic heterocycles. The Bertz CT molecular complexity index is 913. The zero-order chi connectivity index (χ0) is 19.0. The number of carbonyl (C=O) groups is 2. The fourth-order valence-corrected chi connectivity index (χ4v) is 4.30. The van der Waals surface area contributed by atoms with Gasteiger partial charge in [0.25, 0.3) is 11.5 Å². The summed E-state index contributed by atoms with van der Waals surface area (Å²) >= 11 is 0. The van der Waals surface area contributed by atoms with E-state index in [0.717, 1.165) is 25.0 Å². The monoisotopic (exact) mass is 368 g/mol. The first kappa shape index (κ1) is 17.8. The highest BCUT2D eigenvalue weighted by atomic mass is 16.3. The minimum absolute atomic E-state index is 0.0244. The zero-order valence-corrected chi connectivity index (χ0v) is 15.4. The van der Waals surface area contributed by atoms with Crippen molar-refractivity contribution in [3.63, 3.8) is 0 Å². The molecule has 0 saturated heterocycles. The fourth-order valence-electron chi connectivity index (χ4n) is 4.30. The van der Waals surface area contributed by atoms with Gasteiger partial charge in [0.1, 0.15) is 11.3 Å². The van der Waals surface area contributed by atoms with Gasteiger partial charge in [0.05, 0.1) is 6.26 Å². The van der Waals surface area contributed by atoms with Crippen LogP contribution in [0.5, 0.6) is 0 Å². The molecule has 0 aliphatic heterocycles. The molecule has 2 heterocycles. The number of ketones is 1. The smallest absolute Gasteiger partial charge is 0.261 e. The first-order valence-electron chi connectivity index (χ1n) is 9.66. The Balaban J connectivity index is 1.58. The number of H-pyrrole nitrogens is 1. The number of furan rings is 1. The molecule has 142 valence electrons. The molecular weight excluding hydrogens is 344 g/mol. The SMILES string of the molecule is C[C@@H]1CCCC[C@H]1NC(=O)c1cc2c([nH]c1=O)C[C@@H](c1ccco1)CC2=O. The van der Waals surface area contributed by atoms with Crippen LogP contribution in [0, 0.1) is 5.92 Å². The number of pyridine rings is 1. The van der Waals surface area contributed by atoms with Gasteiger partial charge in [-0.1, -0.05) is 19.8 Å². The molecule has 0 spiro atoms. The lowest BCUT2D eigenvalue weighted by Gasteiger charge is -2.29. The standard InChI is InChI=1S/C21H24N2O4/c1-12-5-2-3-6-16(12)22-20(25)15-11-14-17(23-21(15)26)9-13(10-18(14)24)19-7-4-8-27-19/h4,7-8,11-13,16H,2-3,5-6,9-10H2,1H3,(H,22,25)(H,23,26)/t12-,13-,16-/m1/s1. The lowest BCUT2D eigenvalue weighted by molar-refractivity contribution is 0.0908. The van der Waals surface area contributed by atoms with E-state index in [1.807, 2.05) is 6.07 Å². The molecule has 3 atom stereocenters. The summed E-state index contributed by atoms with van der Waals surface area (Å²) in [7, 11) is 0. The van der Waals surface area contributed by atoms with Crippen molar-refractivity contribution >= 4 is 11.7 Å². The third-order valence-corrected chi connectivity index (χ3v) is 5.92. The molecule has 0 radical (unpaired) electrons. The average molecular weight is 368 g/mol. The summed E-state index contributed by atoms with van der Waals surface area (Å²) in [6, 6.07) is 5.18. The lowest BCUT2D eigenvalue weighted by Crippen LogP contribution is -2.43. The van der Waals surface area contributed by atoms with Crippen molar-refractivity contribution in [2.45, 2.75) is 57.4 Å². The van der Waals surface area contributed by atoms with Crippen LogP contribution in [0.25, 0.3) is 0 Å². The second-order valence-corrected chi connectivity index (χ2v) is 7.79. The van der Waals surface area contributed by atoms with E-state index in [9.17, 15) is 14.4 Å². The zero-order valence-electron chi connectivity index (χ0n) is 15.4. The maximum Gasteiger partial charge on any atom is 0.261 e.